The van der Waals surface area contributed by atoms with Crippen LogP contribution in [-0.4, -0.2) is 22.5 Å². The van der Waals surface area contributed by atoms with Crippen LogP contribution in [0.1, 0.15) is 10.4 Å². The molecule has 0 saturated carbocycles. The highest BCUT2D eigenvalue weighted by Gasteiger charge is 2.09. The van der Waals surface area contributed by atoms with Crippen LogP contribution in [0.2, 0.25) is 0 Å². The van der Waals surface area contributed by atoms with E-state index in [1.165, 1.54) is 18.2 Å². The van der Waals surface area contributed by atoms with Crippen molar-refractivity contribution in [1.82, 2.24) is 9.97 Å². The Morgan fingerprint density at radius 2 is 1.69 bits per heavy atom. The summed E-state index contributed by atoms with van der Waals surface area (Å²) in [6.07, 6.45) is 3.20. The lowest BCUT2D eigenvalue weighted by Gasteiger charge is -2.10. The number of rotatable bonds is 6. The average Bonchev–Trinajstić information content (AvgIpc) is 2.62. The van der Waals surface area contributed by atoms with Crippen LogP contribution in [0.15, 0.2) is 67.0 Å². The smallest absolute Gasteiger partial charge is 0.387 e. The molecule has 0 aliphatic heterocycles. The number of carbonyl (C=O) groups excluding carboxylic acids is 1. The van der Waals surface area contributed by atoms with E-state index in [0.29, 0.717) is 22.9 Å². The quantitative estimate of drug-likeness (QED) is 0.696. The molecule has 0 fully saturated rings. The van der Waals surface area contributed by atoms with E-state index in [4.69, 9.17) is 0 Å². The maximum Gasteiger partial charge on any atom is 0.387 e. The van der Waals surface area contributed by atoms with E-state index in [0.717, 1.165) is 0 Å². The van der Waals surface area contributed by atoms with Gasteiger partial charge < -0.3 is 15.4 Å². The van der Waals surface area contributed by atoms with Crippen LogP contribution in [0.5, 0.6) is 5.75 Å². The first kappa shape index (κ1) is 17.3. The number of nitrogens with one attached hydrogen (secondary N) is 2. The molecule has 2 N–H and O–H groups in total. The molecule has 1 aromatic heterocycles. The van der Waals surface area contributed by atoms with Crippen LogP contribution in [-0.2, 0) is 0 Å². The summed E-state index contributed by atoms with van der Waals surface area (Å²) in [6, 6.07) is 14.2. The van der Waals surface area contributed by atoms with Gasteiger partial charge in [0.15, 0.2) is 0 Å². The molecule has 8 heteroatoms. The van der Waals surface area contributed by atoms with E-state index < -0.39 is 12.5 Å². The number of hydrogen-bond donors (Lipinski definition) is 2. The second-order valence-electron chi connectivity index (χ2n) is 5.14. The van der Waals surface area contributed by atoms with E-state index >= 15 is 0 Å². The molecule has 6 nitrogen and oxygen atoms in total. The fourth-order valence-corrected chi connectivity index (χ4v) is 2.18. The van der Waals surface area contributed by atoms with Crippen molar-refractivity contribution in [2.75, 3.05) is 10.6 Å². The number of ether oxygens (including phenoxy) is 1. The molecule has 0 spiro atoms. The van der Waals surface area contributed by atoms with Gasteiger partial charge >= 0.3 is 6.61 Å². The Hall–Kier alpha value is -3.55. The fraction of sp³-hybridized carbons (Fsp3) is 0.0556. The van der Waals surface area contributed by atoms with Crippen LogP contribution >= 0.6 is 0 Å². The molecule has 0 radical (unpaired) electrons. The molecular weight excluding hydrogens is 342 g/mol. The third kappa shape index (κ3) is 4.73. The molecular formula is C18H14F2N4O2. The van der Waals surface area contributed by atoms with Crippen molar-refractivity contribution >= 4 is 23.2 Å². The van der Waals surface area contributed by atoms with E-state index in [1.54, 1.807) is 48.8 Å². The van der Waals surface area contributed by atoms with Gasteiger partial charge in [0.1, 0.15) is 5.75 Å². The maximum absolute atomic E-state index is 12.4. The third-order valence-electron chi connectivity index (χ3n) is 3.26. The van der Waals surface area contributed by atoms with Gasteiger partial charge in [-0.25, -0.2) is 9.97 Å². The molecule has 0 aliphatic carbocycles. The van der Waals surface area contributed by atoms with Crippen molar-refractivity contribution < 1.29 is 18.3 Å². The first-order chi connectivity index (χ1) is 12.6. The van der Waals surface area contributed by atoms with Crippen molar-refractivity contribution in [3.63, 3.8) is 0 Å². The number of aromatic nitrogens is 2. The van der Waals surface area contributed by atoms with Crippen molar-refractivity contribution in [2.45, 2.75) is 6.61 Å². The van der Waals surface area contributed by atoms with Gasteiger partial charge in [0, 0.05) is 35.4 Å². The van der Waals surface area contributed by atoms with E-state index in [2.05, 4.69) is 25.3 Å². The molecule has 1 amide bonds. The Bertz CT molecular complexity index is 891. The van der Waals surface area contributed by atoms with Crippen molar-refractivity contribution in [2.24, 2.45) is 0 Å². The summed E-state index contributed by atoms with van der Waals surface area (Å²) in [4.78, 5) is 20.5. The van der Waals surface area contributed by atoms with Crippen LogP contribution in [0.4, 0.5) is 26.1 Å². The van der Waals surface area contributed by atoms with Crippen LogP contribution in [0.25, 0.3) is 0 Å². The fourth-order valence-electron chi connectivity index (χ4n) is 2.18. The van der Waals surface area contributed by atoms with Crippen molar-refractivity contribution in [3.8, 4) is 5.75 Å². The zero-order valence-corrected chi connectivity index (χ0v) is 13.4. The molecule has 132 valence electrons. The molecule has 0 bridgehead atoms. The van der Waals surface area contributed by atoms with Gasteiger partial charge in [-0.1, -0.05) is 12.1 Å². The Morgan fingerprint density at radius 3 is 2.46 bits per heavy atom. The lowest BCUT2D eigenvalue weighted by molar-refractivity contribution is -0.0497. The van der Waals surface area contributed by atoms with Crippen LogP contribution in [0.3, 0.4) is 0 Å². The van der Waals surface area contributed by atoms with E-state index in [1.807, 2.05) is 0 Å². The molecule has 0 unspecified atom stereocenters. The van der Waals surface area contributed by atoms with Gasteiger partial charge in [0.05, 0.1) is 0 Å². The molecule has 2 aromatic carbocycles. The summed E-state index contributed by atoms with van der Waals surface area (Å²) in [5, 5.41) is 5.63. The zero-order valence-electron chi connectivity index (χ0n) is 13.4. The summed E-state index contributed by atoms with van der Waals surface area (Å²) in [6.45, 7) is -2.93. The number of benzene rings is 2. The highest BCUT2D eigenvalue weighted by Crippen LogP contribution is 2.21. The van der Waals surface area contributed by atoms with Crippen LogP contribution in [0, 0.1) is 0 Å². The lowest BCUT2D eigenvalue weighted by Crippen LogP contribution is -2.12. The van der Waals surface area contributed by atoms with Gasteiger partial charge in [-0.15, -0.1) is 0 Å². The van der Waals surface area contributed by atoms with E-state index in [-0.39, 0.29) is 5.75 Å². The molecule has 0 aliphatic rings. The summed E-state index contributed by atoms with van der Waals surface area (Å²) in [7, 11) is 0. The number of alkyl halides is 2. The maximum atomic E-state index is 12.4. The standard InChI is InChI=1S/C18H14F2N4O2/c19-17(20)26-15-7-2-6-14(11-15)23-16(25)12-4-1-5-13(10-12)24-18-21-8-3-9-22-18/h1-11,17H,(H,23,25)(H,21,22,24). The number of anilines is 3. The Kier molecular flexibility index (Phi) is 5.33. The van der Waals surface area contributed by atoms with E-state index in [9.17, 15) is 13.6 Å². The minimum Gasteiger partial charge on any atom is -0.435 e. The minimum atomic E-state index is -2.93. The highest BCUT2D eigenvalue weighted by molar-refractivity contribution is 6.04. The first-order valence-corrected chi connectivity index (χ1v) is 7.60. The SMILES string of the molecule is O=C(Nc1cccc(OC(F)F)c1)c1cccc(Nc2ncccn2)c1. The molecule has 0 atom stereocenters. The lowest BCUT2D eigenvalue weighted by atomic mass is 10.2. The number of hydrogen-bond acceptors (Lipinski definition) is 5. The van der Waals surface area contributed by atoms with Gasteiger partial charge in [0.25, 0.3) is 5.91 Å². The highest BCUT2D eigenvalue weighted by atomic mass is 19.3. The normalized spacial score (nSPS) is 10.4. The second kappa shape index (κ2) is 8.02. The van der Waals surface area contributed by atoms with Gasteiger partial charge in [0.2, 0.25) is 5.95 Å². The molecule has 0 saturated heterocycles. The van der Waals surface area contributed by atoms with Crippen molar-refractivity contribution in [1.29, 1.82) is 0 Å². The molecule has 3 aromatic rings. The second-order valence-corrected chi connectivity index (χ2v) is 5.14. The van der Waals surface area contributed by atoms with Gasteiger partial charge in [-0.05, 0) is 36.4 Å². The Labute approximate surface area is 147 Å². The minimum absolute atomic E-state index is 0.0329. The Balaban J connectivity index is 1.71. The summed E-state index contributed by atoms with van der Waals surface area (Å²) >= 11 is 0. The number of nitrogens with zero attached hydrogens (tertiary/aromatic N) is 2. The van der Waals surface area contributed by atoms with Crippen LogP contribution < -0.4 is 15.4 Å². The zero-order chi connectivity index (χ0) is 18.4. The summed E-state index contributed by atoms with van der Waals surface area (Å²) in [5.41, 5.74) is 1.36. The number of carbonyl (C=O) groups is 1. The van der Waals surface area contributed by atoms with Gasteiger partial charge in [-0.2, -0.15) is 8.78 Å². The molecule has 3 rings (SSSR count). The predicted octanol–water partition coefficient (Wildman–Crippen LogP) is 4.07. The molecule has 1 heterocycles. The Morgan fingerprint density at radius 1 is 0.962 bits per heavy atom. The molecule has 26 heavy (non-hydrogen) atoms. The summed E-state index contributed by atoms with van der Waals surface area (Å²) < 4.78 is 28.9. The monoisotopic (exact) mass is 356 g/mol. The number of halogens is 2. The third-order valence-corrected chi connectivity index (χ3v) is 3.26. The number of amides is 1. The van der Waals surface area contributed by atoms with Crippen molar-refractivity contribution in [3.05, 3.63) is 72.6 Å². The summed E-state index contributed by atoms with van der Waals surface area (Å²) in [5.74, 6) is -0.0202. The van der Waals surface area contributed by atoms with Gasteiger partial charge in [-0.3, -0.25) is 4.79 Å². The predicted molar refractivity (Wildman–Crippen MR) is 92.8 cm³/mol. The first-order valence-electron chi connectivity index (χ1n) is 7.60. The average molecular weight is 356 g/mol. The largest absolute Gasteiger partial charge is 0.435 e. The topological polar surface area (TPSA) is 76.1 Å².